The van der Waals surface area contributed by atoms with Gasteiger partial charge in [-0.05, 0) is 24.3 Å². The van der Waals surface area contributed by atoms with Gasteiger partial charge in [0, 0.05) is 0 Å². The fraction of sp³-hybridized carbons (Fsp3) is 0.826. The Morgan fingerprint density at radius 3 is 0.828 bits per heavy atom. The van der Waals surface area contributed by atoms with Crippen molar-refractivity contribution in [1.82, 2.24) is 0 Å². The van der Waals surface area contributed by atoms with Crippen molar-refractivity contribution < 1.29 is 19.1 Å². The van der Waals surface area contributed by atoms with Crippen molar-refractivity contribution in [3.05, 3.63) is 25.4 Å². The maximum absolute atomic E-state index is 12.1. The maximum Gasteiger partial charge on any atom is 0.316 e. The molecule has 0 fully saturated rings. The highest BCUT2D eigenvalue weighted by Crippen LogP contribution is 2.66. The highest BCUT2D eigenvalue weighted by Gasteiger charge is 2.31. The summed E-state index contributed by atoms with van der Waals surface area (Å²) >= 11 is 14.6. The normalized spacial score (nSPS) is 15.7. The zero-order valence-electron chi connectivity index (χ0n) is 36.9. The Labute approximate surface area is 391 Å². The average Bonchev–Trinajstić information content (AvgIpc) is 3.85. The lowest BCUT2D eigenvalue weighted by molar-refractivity contribution is -0.138. The van der Waals surface area contributed by atoms with Gasteiger partial charge in [0.1, 0.15) is 0 Å². The SMILES string of the molecule is CCCCCCCCCCCCCCCCCSC1=C(SCC(=O)OC)S/C(=C2\SC(SCCCCCCCCCCCCCCCCC)=C(SCC(=O)OC)S2)S1. The summed E-state index contributed by atoms with van der Waals surface area (Å²) in [6.07, 6.45) is 41.5. The second kappa shape index (κ2) is 39.5. The predicted molar refractivity (Wildman–Crippen MR) is 275 cm³/mol. The maximum atomic E-state index is 12.1. The largest absolute Gasteiger partial charge is 0.468 e. The Morgan fingerprint density at radius 1 is 0.362 bits per heavy atom. The number of hydrogen-bond donors (Lipinski definition) is 0. The summed E-state index contributed by atoms with van der Waals surface area (Å²) < 4.78 is 17.7. The van der Waals surface area contributed by atoms with E-state index in [0.29, 0.717) is 11.5 Å². The first-order chi connectivity index (χ1) is 28.5. The third kappa shape index (κ3) is 28.6. The molecule has 0 aromatic heterocycles. The molecular weight excluding hydrogens is 873 g/mol. The van der Waals surface area contributed by atoms with Crippen LogP contribution in [0.25, 0.3) is 0 Å². The number of carbonyl (C=O) groups is 2. The highest BCUT2D eigenvalue weighted by atomic mass is 32.3. The van der Waals surface area contributed by atoms with Gasteiger partial charge in [0.25, 0.3) is 0 Å². The van der Waals surface area contributed by atoms with Crippen LogP contribution < -0.4 is 0 Å². The lowest BCUT2D eigenvalue weighted by Gasteiger charge is -2.05. The van der Waals surface area contributed by atoms with Gasteiger partial charge in [-0.2, -0.15) is 0 Å². The number of carbonyl (C=O) groups excluding carboxylic acids is 2. The van der Waals surface area contributed by atoms with Crippen LogP contribution in [0.15, 0.2) is 25.4 Å². The molecule has 0 bridgehead atoms. The lowest BCUT2D eigenvalue weighted by atomic mass is 10.0. The van der Waals surface area contributed by atoms with Crippen LogP contribution in [0.4, 0.5) is 0 Å². The number of methoxy groups -OCH3 is 2. The van der Waals surface area contributed by atoms with Crippen molar-refractivity contribution >= 4 is 106 Å². The van der Waals surface area contributed by atoms with Gasteiger partial charge < -0.3 is 9.47 Å². The molecule has 336 valence electrons. The molecule has 0 saturated carbocycles. The van der Waals surface area contributed by atoms with Crippen LogP contribution >= 0.6 is 94.1 Å². The molecule has 2 rings (SSSR count). The summed E-state index contributed by atoms with van der Waals surface area (Å²) in [4.78, 5) is 24.2. The Kier molecular flexibility index (Phi) is 37.6. The molecule has 4 nitrogen and oxygen atoms in total. The van der Waals surface area contributed by atoms with E-state index in [2.05, 4.69) is 13.8 Å². The summed E-state index contributed by atoms with van der Waals surface area (Å²) in [6, 6.07) is 0. The van der Waals surface area contributed by atoms with Crippen molar-refractivity contribution in [3.8, 4) is 0 Å². The topological polar surface area (TPSA) is 52.6 Å². The standard InChI is InChI=1S/C46H80O4S8/c1-5-7-9-11-13-15-17-19-21-23-25-27-29-31-33-35-51-41-43(53-37-39(47)49-3)57-45(55-41)46-56-42(44(58-46)54-38-40(48)50-4)52-36-34-32-30-28-26-24-22-20-18-16-14-12-10-8-6-2/h5-38H2,1-4H3/b46-45+. The second-order valence-corrected chi connectivity index (χ2v) is 25.3. The molecule has 2 heterocycles. The fourth-order valence-electron chi connectivity index (χ4n) is 6.71. The van der Waals surface area contributed by atoms with Crippen LogP contribution in [0.5, 0.6) is 0 Å². The van der Waals surface area contributed by atoms with E-state index >= 15 is 0 Å². The molecule has 12 heteroatoms. The molecule has 2 aliphatic heterocycles. The third-order valence-corrected chi connectivity index (χ3v) is 22.0. The summed E-state index contributed by atoms with van der Waals surface area (Å²) in [5, 5.41) is 0. The molecule has 0 saturated heterocycles. The monoisotopic (exact) mass is 952 g/mol. The van der Waals surface area contributed by atoms with Crippen molar-refractivity contribution in [2.45, 2.75) is 206 Å². The molecule has 58 heavy (non-hydrogen) atoms. The van der Waals surface area contributed by atoms with Crippen LogP contribution in [-0.4, -0.2) is 49.2 Å². The molecule has 0 aliphatic carbocycles. The number of rotatable bonds is 40. The van der Waals surface area contributed by atoms with Crippen LogP contribution in [0.2, 0.25) is 0 Å². The third-order valence-electron chi connectivity index (χ3n) is 10.3. The van der Waals surface area contributed by atoms with E-state index in [-0.39, 0.29) is 11.9 Å². The minimum atomic E-state index is -0.179. The molecule has 0 amide bonds. The first-order valence-electron chi connectivity index (χ1n) is 23.1. The summed E-state index contributed by atoms with van der Waals surface area (Å²) in [6.45, 7) is 4.58. The van der Waals surface area contributed by atoms with Crippen molar-refractivity contribution in [2.75, 3.05) is 37.2 Å². The van der Waals surface area contributed by atoms with Crippen molar-refractivity contribution in [3.63, 3.8) is 0 Å². The van der Waals surface area contributed by atoms with Gasteiger partial charge in [0.2, 0.25) is 0 Å². The molecule has 0 N–H and O–H groups in total. The minimum Gasteiger partial charge on any atom is -0.468 e. The Bertz CT molecular complexity index is 1090. The van der Waals surface area contributed by atoms with Crippen LogP contribution in [0.1, 0.15) is 206 Å². The first kappa shape index (κ1) is 55.1. The average molecular weight is 954 g/mol. The Hall–Kier alpha value is 0.960. The quantitative estimate of drug-likeness (QED) is 0.0434. The zero-order valence-corrected chi connectivity index (χ0v) is 43.5. The second-order valence-electron chi connectivity index (χ2n) is 15.5. The fourth-order valence-corrected chi connectivity index (χ4v) is 18.5. The van der Waals surface area contributed by atoms with Gasteiger partial charge in [-0.15, -0.1) is 47.0 Å². The molecule has 0 radical (unpaired) electrons. The van der Waals surface area contributed by atoms with E-state index in [1.807, 2.05) is 70.6 Å². The Morgan fingerprint density at radius 2 is 0.586 bits per heavy atom. The van der Waals surface area contributed by atoms with E-state index in [9.17, 15) is 9.59 Å². The van der Waals surface area contributed by atoms with Gasteiger partial charge in [-0.3, -0.25) is 9.59 Å². The summed E-state index contributed by atoms with van der Waals surface area (Å²) in [5.74, 6) is 2.55. The van der Waals surface area contributed by atoms with Gasteiger partial charge in [-0.1, -0.05) is 241 Å². The zero-order chi connectivity index (χ0) is 41.7. The van der Waals surface area contributed by atoms with E-state index in [1.54, 1.807) is 23.5 Å². The summed E-state index contributed by atoms with van der Waals surface area (Å²) in [7, 11) is 2.94. The van der Waals surface area contributed by atoms with Crippen LogP contribution in [0.3, 0.4) is 0 Å². The molecule has 0 spiro atoms. The molecule has 0 aromatic rings. The molecule has 0 aromatic carbocycles. The van der Waals surface area contributed by atoms with Gasteiger partial charge in [0.15, 0.2) is 0 Å². The number of ether oxygens (including phenoxy) is 2. The van der Waals surface area contributed by atoms with Crippen LogP contribution in [-0.2, 0) is 19.1 Å². The highest BCUT2D eigenvalue weighted by molar-refractivity contribution is 8.45. The van der Waals surface area contributed by atoms with Crippen molar-refractivity contribution in [2.24, 2.45) is 0 Å². The number of hydrogen-bond acceptors (Lipinski definition) is 12. The van der Waals surface area contributed by atoms with E-state index < -0.39 is 0 Å². The summed E-state index contributed by atoms with van der Waals surface area (Å²) in [5.41, 5.74) is 0. The van der Waals surface area contributed by atoms with Gasteiger partial charge in [-0.25, -0.2) is 0 Å². The minimum absolute atomic E-state index is 0.179. The Balaban J connectivity index is 1.72. The van der Waals surface area contributed by atoms with Gasteiger partial charge in [0.05, 0.1) is 51.1 Å². The first-order valence-corrected chi connectivity index (χ1v) is 30.3. The molecule has 0 unspecified atom stereocenters. The van der Waals surface area contributed by atoms with Gasteiger partial charge >= 0.3 is 11.9 Å². The number of unbranched alkanes of at least 4 members (excludes halogenated alkanes) is 28. The smallest absolute Gasteiger partial charge is 0.316 e. The molecular formula is C46H80O4S8. The van der Waals surface area contributed by atoms with E-state index in [1.165, 1.54) is 232 Å². The van der Waals surface area contributed by atoms with Crippen molar-refractivity contribution in [1.29, 1.82) is 0 Å². The lowest BCUT2D eigenvalue weighted by Crippen LogP contribution is -2.02. The van der Waals surface area contributed by atoms with E-state index in [0.717, 1.165) is 11.5 Å². The van der Waals surface area contributed by atoms with Crippen LogP contribution in [0, 0.1) is 0 Å². The molecule has 2 aliphatic rings. The predicted octanol–water partition coefficient (Wildman–Crippen LogP) is 18.3. The van der Waals surface area contributed by atoms with E-state index in [4.69, 9.17) is 9.47 Å². The number of thioether (sulfide) groups is 8. The molecule has 0 atom stereocenters. The number of esters is 2.